The molecule has 2 aromatic heterocycles. The SMILES string of the molecule is Cn1c(C=CCCN2CCN(c3cc(C(C)(C)C)nc(C(C)(C)C)n3)CC2)nnc1-c1ccccc1. The minimum atomic E-state index is -0.0747. The molecule has 1 aliphatic rings. The maximum absolute atomic E-state index is 4.98. The van der Waals surface area contributed by atoms with Crippen LogP contribution in [0.3, 0.4) is 0 Å². The van der Waals surface area contributed by atoms with Crippen LogP contribution in [-0.2, 0) is 17.9 Å². The minimum absolute atomic E-state index is 0.00354. The molecular formula is C29H41N7. The number of piperazine rings is 1. The van der Waals surface area contributed by atoms with Crippen molar-refractivity contribution in [1.82, 2.24) is 29.6 Å². The Balaban J connectivity index is 1.33. The molecule has 192 valence electrons. The largest absolute Gasteiger partial charge is 0.354 e. The monoisotopic (exact) mass is 487 g/mol. The predicted octanol–water partition coefficient (Wildman–Crippen LogP) is 5.09. The third kappa shape index (κ3) is 6.19. The van der Waals surface area contributed by atoms with Crippen LogP contribution in [0.2, 0.25) is 0 Å². The molecule has 3 heterocycles. The number of aromatic nitrogens is 5. The van der Waals surface area contributed by atoms with Crippen LogP contribution in [0.5, 0.6) is 0 Å². The van der Waals surface area contributed by atoms with Crippen LogP contribution in [0.4, 0.5) is 5.82 Å². The van der Waals surface area contributed by atoms with E-state index in [1.165, 1.54) is 0 Å². The summed E-state index contributed by atoms with van der Waals surface area (Å²) in [6, 6.07) is 12.4. The van der Waals surface area contributed by atoms with Crippen molar-refractivity contribution in [2.45, 2.75) is 58.8 Å². The smallest absolute Gasteiger partial charge is 0.163 e. The maximum atomic E-state index is 4.98. The van der Waals surface area contributed by atoms with E-state index in [9.17, 15) is 0 Å². The summed E-state index contributed by atoms with van der Waals surface area (Å²) < 4.78 is 2.05. The van der Waals surface area contributed by atoms with Crippen molar-refractivity contribution in [1.29, 1.82) is 0 Å². The van der Waals surface area contributed by atoms with Crippen molar-refractivity contribution in [3.8, 4) is 11.4 Å². The highest BCUT2D eigenvalue weighted by molar-refractivity contribution is 5.57. The van der Waals surface area contributed by atoms with E-state index >= 15 is 0 Å². The van der Waals surface area contributed by atoms with Gasteiger partial charge in [0.15, 0.2) is 11.6 Å². The molecular weight excluding hydrogens is 446 g/mol. The zero-order valence-corrected chi connectivity index (χ0v) is 23.0. The first kappa shape index (κ1) is 26.0. The Morgan fingerprint density at radius 3 is 2.19 bits per heavy atom. The van der Waals surface area contributed by atoms with E-state index in [0.717, 1.165) is 73.7 Å². The summed E-state index contributed by atoms with van der Waals surface area (Å²) in [4.78, 5) is 14.8. The second-order valence-corrected chi connectivity index (χ2v) is 11.8. The third-order valence-corrected chi connectivity index (χ3v) is 6.67. The number of nitrogens with zero attached hydrogens (tertiary/aromatic N) is 7. The van der Waals surface area contributed by atoms with Crippen LogP contribution < -0.4 is 4.90 Å². The molecule has 4 rings (SSSR count). The van der Waals surface area contributed by atoms with Gasteiger partial charge in [0.2, 0.25) is 0 Å². The topological polar surface area (TPSA) is 63.0 Å². The zero-order chi connectivity index (χ0) is 25.9. The first-order valence-corrected chi connectivity index (χ1v) is 13.0. The van der Waals surface area contributed by atoms with Gasteiger partial charge in [-0.25, -0.2) is 9.97 Å². The molecule has 3 aromatic rings. The van der Waals surface area contributed by atoms with Gasteiger partial charge >= 0.3 is 0 Å². The Bertz CT molecular complexity index is 1140. The fraction of sp³-hybridized carbons (Fsp3) is 0.517. The molecule has 0 N–H and O–H groups in total. The van der Waals surface area contributed by atoms with Gasteiger partial charge in [0.25, 0.3) is 0 Å². The van der Waals surface area contributed by atoms with Crippen molar-refractivity contribution in [3.05, 3.63) is 59.8 Å². The van der Waals surface area contributed by atoms with Gasteiger partial charge < -0.3 is 9.47 Å². The molecule has 0 unspecified atom stereocenters. The fourth-order valence-corrected chi connectivity index (χ4v) is 4.29. The van der Waals surface area contributed by atoms with Crippen LogP contribution in [-0.4, -0.2) is 62.4 Å². The molecule has 7 heteroatoms. The van der Waals surface area contributed by atoms with Crippen LogP contribution in [0.1, 0.15) is 65.3 Å². The van der Waals surface area contributed by atoms with Crippen molar-refractivity contribution in [2.75, 3.05) is 37.6 Å². The molecule has 1 aliphatic heterocycles. The van der Waals surface area contributed by atoms with Crippen molar-refractivity contribution >= 4 is 11.9 Å². The molecule has 0 amide bonds. The van der Waals surface area contributed by atoms with E-state index in [2.05, 4.69) is 91.9 Å². The number of rotatable bonds is 6. The highest BCUT2D eigenvalue weighted by atomic mass is 15.3. The Kier molecular flexibility index (Phi) is 7.59. The highest BCUT2D eigenvalue weighted by Crippen LogP contribution is 2.28. The Morgan fingerprint density at radius 2 is 1.56 bits per heavy atom. The Labute approximate surface area is 216 Å². The van der Waals surface area contributed by atoms with E-state index < -0.39 is 0 Å². The van der Waals surface area contributed by atoms with Crippen LogP contribution in [0.15, 0.2) is 42.5 Å². The fourth-order valence-electron chi connectivity index (χ4n) is 4.29. The first-order valence-electron chi connectivity index (χ1n) is 13.0. The lowest BCUT2D eigenvalue weighted by atomic mass is 9.90. The summed E-state index contributed by atoms with van der Waals surface area (Å²) in [5.74, 6) is 3.76. The normalized spacial score (nSPS) is 15.7. The minimum Gasteiger partial charge on any atom is -0.354 e. The lowest BCUT2D eigenvalue weighted by molar-refractivity contribution is 0.262. The van der Waals surface area contributed by atoms with E-state index in [1.807, 2.05) is 29.8 Å². The standard InChI is InChI=1S/C29H41N7/c1-28(2,3)23-21-25(31-27(30-23)29(4,5)6)36-19-17-35(18-20-36)16-12-11-15-24-32-33-26(34(24)7)22-13-9-8-10-14-22/h8-11,13-15,21H,12,16-20H2,1-7H3. The summed E-state index contributed by atoms with van der Waals surface area (Å²) in [6.07, 6.45) is 5.28. The summed E-state index contributed by atoms with van der Waals surface area (Å²) in [5, 5.41) is 8.73. The number of hydrogen-bond acceptors (Lipinski definition) is 6. The van der Waals surface area contributed by atoms with Gasteiger partial charge in [0.1, 0.15) is 11.6 Å². The van der Waals surface area contributed by atoms with Gasteiger partial charge in [-0.15, -0.1) is 10.2 Å². The molecule has 36 heavy (non-hydrogen) atoms. The van der Waals surface area contributed by atoms with Crippen molar-refractivity contribution in [3.63, 3.8) is 0 Å². The van der Waals surface area contributed by atoms with Gasteiger partial charge in [0, 0.05) is 62.2 Å². The van der Waals surface area contributed by atoms with Crippen LogP contribution in [0.25, 0.3) is 17.5 Å². The molecule has 0 spiro atoms. The zero-order valence-electron chi connectivity index (χ0n) is 23.0. The molecule has 7 nitrogen and oxygen atoms in total. The molecule has 1 aromatic carbocycles. The summed E-state index contributed by atoms with van der Waals surface area (Å²) in [7, 11) is 2.02. The first-order chi connectivity index (χ1) is 17.0. The Hall–Kier alpha value is -3.06. The van der Waals surface area contributed by atoms with Crippen LogP contribution >= 0.6 is 0 Å². The quantitative estimate of drug-likeness (QED) is 0.482. The predicted molar refractivity (Wildman–Crippen MR) is 148 cm³/mol. The van der Waals surface area contributed by atoms with Crippen LogP contribution in [0, 0.1) is 0 Å². The molecule has 0 bridgehead atoms. The molecule has 0 radical (unpaired) electrons. The van der Waals surface area contributed by atoms with E-state index in [-0.39, 0.29) is 10.8 Å². The second-order valence-electron chi connectivity index (χ2n) is 11.8. The lowest BCUT2D eigenvalue weighted by Gasteiger charge is -2.36. The molecule has 0 saturated carbocycles. The van der Waals surface area contributed by atoms with E-state index in [1.54, 1.807) is 0 Å². The molecule has 1 saturated heterocycles. The van der Waals surface area contributed by atoms with Gasteiger partial charge in [0.05, 0.1) is 5.69 Å². The number of anilines is 1. The molecule has 0 atom stereocenters. The highest BCUT2D eigenvalue weighted by Gasteiger charge is 2.26. The van der Waals surface area contributed by atoms with Gasteiger partial charge in [-0.1, -0.05) is 78.0 Å². The van der Waals surface area contributed by atoms with Crippen molar-refractivity contribution in [2.24, 2.45) is 7.05 Å². The number of hydrogen-bond donors (Lipinski definition) is 0. The second kappa shape index (κ2) is 10.5. The molecule has 0 aliphatic carbocycles. The van der Waals surface area contributed by atoms with E-state index in [4.69, 9.17) is 9.97 Å². The average molecular weight is 488 g/mol. The van der Waals surface area contributed by atoms with E-state index in [0.29, 0.717) is 0 Å². The summed E-state index contributed by atoms with van der Waals surface area (Å²) >= 11 is 0. The van der Waals surface area contributed by atoms with Gasteiger partial charge in [-0.05, 0) is 12.5 Å². The average Bonchev–Trinajstić information content (AvgIpc) is 3.21. The van der Waals surface area contributed by atoms with Gasteiger partial charge in [-0.3, -0.25) is 4.90 Å². The lowest BCUT2D eigenvalue weighted by Crippen LogP contribution is -2.47. The number of benzene rings is 1. The Morgan fingerprint density at radius 1 is 0.861 bits per heavy atom. The van der Waals surface area contributed by atoms with Crippen molar-refractivity contribution < 1.29 is 0 Å². The summed E-state index contributed by atoms with van der Waals surface area (Å²) in [5.41, 5.74) is 2.12. The maximum Gasteiger partial charge on any atom is 0.163 e. The summed E-state index contributed by atoms with van der Waals surface area (Å²) in [6.45, 7) is 18.3. The third-order valence-electron chi connectivity index (χ3n) is 6.67. The van der Waals surface area contributed by atoms with Gasteiger partial charge in [-0.2, -0.15) is 0 Å². The molecule has 1 fully saturated rings.